The van der Waals surface area contributed by atoms with Crippen LogP contribution in [0.2, 0.25) is 0 Å². The number of hydrogen-bond acceptors (Lipinski definition) is 5. The van der Waals surface area contributed by atoms with E-state index >= 15 is 0 Å². The number of aliphatic hydroxyl groups is 1. The molecule has 0 saturated heterocycles. The van der Waals surface area contributed by atoms with Crippen molar-refractivity contribution in [2.75, 3.05) is 13.2 Å². The van der Waals surface area contributed by atoms with Crippen LogP contribution in [0.4, 0.5) is 0 Å². The molecule has 0 bridgehead atoms. The fraction of sp³-hybridized carbons (Fsp3) is 0.489. The zero-order valence-electron chi connectivity index (χ0n) is 32.5. The maximum Gasteiger partial charge on any atom is 0.306 e. The van der Waals surface area contributed by atoms with Crippen LogP contribution in [-0.2, 0) is 19.1 Å². The van der Waals surface area contributed by atoms with Gasteiger partial charge in [-0.25, -0.2) is 0 Å². The summed E-state index contributed by atoms with van der Waals surface area (Å²) in [6.07, 6.45) is 62.3. The fourth-order valence-corrected chi connectivity index (χ4v) is 4.54. The maximum absolute atomic E-state index is 12.2. The van der Waals surface area contributed by atoms with Crippen LogP contribution in [0.3, 0.4) is 0 Å². The smallest absolute Gasteiger partial charge is 0.306 e. The van der Waals surface area contributed by atoms with Crippen molar-refractivity contribution < 1.29 is 24.2 Å². The normalized spacial score (nSPS) is 13.7. The summed E-state index contributed by atoms with van der Waals surface area (Å²) in [6.45, 7) is 3.78. The van der Waals surface area contributed by atoms with Gasteiger partial charge in [-0.2, -0.15) is 0 Å². The molecular weight excluding hydrogens is 645 g/mol. The molecule has 0 aromatic carbocycles. The lowest BCUT2D eigenvalue weighted by Gasteiger charge is -2.15. The average Bonchev–Trinajstić information content (AvgIpc) is 3.15. The first-order valence-electron chi connectivity index (χ1n) is 19.7. The molecule has 0 aliphatic heterocycles. The quantitative estimate of drug-likeness (QED) is 0.0416. The first-order valence-corrected chi connectivity index (χ1v) is 19.7. The largest absolute Gasteiger partial charge is 0.462 e. The summed E-state index contributed by atoms with van der Waals surface area (Å²) in [6, 6.07) is 0. The molecule has 1 atom stereocenters. The number of unbranched alkanes of at least 4 members (excludes halogenated alkanes) is 3. The van der Waals surface area contributed by atoms with Gasteiger partial charge in [0.2, 0.25) is 0 Å². The van der Waals surface area contributed by atoms with Crippen molar-refractivity contribution in [3.8, 4) is 0 Å². The molecule has 0 radical (unpaired) electrons. The monoisotopic (exact) mass is 715 g/mol. The second kappa shape index (κ2) is 41.5. The summed E-state index contributed by atoms with van der Waals surface area (Å²) >= 11 is 0. The van der Waals surface area contributed by atoms with Gasteiger partial charge in [-0.1, -0.05) is 154 Å². The molecule has 0 spiro atoms. The van der Waals surface area contributed by atoms with E-state index in [4.69, 9.17) is 9.47 Å². The summed E-state index contributed by atoms with van der Waals surface area (Å²) < 4.78 is 10.5. The zero-order valence-corrected chi connectivity index (χ0v) is 32.5. The van der Waals surface area contributed by atoms with E-state index in [1.54, 1.807) is 0 Å². The third-order valence-corrected chi connectivity index (χ3v) is 7.45. The average molecular weight is 715 g/mol. The fourth-order valence-electron chi connectivity index (χ4n) is 4.54. The molecule has 0 aromatic rings. The van der Waals surface area contributed by atoms with E-state index < -0.39 is 6.10 Å². The molecule has 52 heavy (non-hydrogen) atoms. The topological polar surface area (TPSA) is 72.8 Å². The zero-order chi connectivity index (χ0) is 37.8. The SMILES string of the molecule is CCC=CCC=CCC=CCC=CCC=CCC=CCCC(=O)OC[C@H](CO)OC(=O)CCCCCC=CCC=CCC=CCC=CCC=CCC. The van der Waals surface area contributed by atoms with Crippen molar-refractivity contribution in [3.05, 3.63) is 134 Å². The van der Waals surface area contributed by atoms with Crippen LogP contribution in [0.5, 0.6) is 0 Å². The molecule has 1 N–H and O–H groups in total. The molecule has 0 fully saturated rings. The minimum atomic E-state index is -0.830. The lowest BCUT2D eigenvalue weighted by molar-refractivity contribution is -0.161. The molecule has 0 aromatic heterocycles. The Bertz CT molecular complexity index is 1170. The molecule has 0 amide bonds. The molecule has 0 heterocycles. The first-order chi connectivity index (χ1) is 25.6. The minimum absolute atomic E-state index is 0.130. The van der Waals surface area contributed by atoms with Crippen LogP contribution in [0.1, 0.15) is 129 Å². The van der Waals surface area contributed by atoms with Gasteiger partial charge in [0.15, 0.2) is 6.10 Å². The number of rotatable bonds is 33. The summed E-state index contributed by atoms with van der Waals surface area (Å²) in [5, 5.41) is 9.55. The Balaban J connectivity index is 3.81. The van der Waals surface area contributed by atoms with Crippen LogP contribution >= 0.6 is 0 Å². The van der Waals surface area contributed by atoms with Gasteiger partial charge in [-0.3, -0.25) is 9.59 Å². The number of allylic oxidation sites excluding steroid dienone is 22. The van der Waals surface area contributed by atoms with Crippen LogP contribution in [-0.4, -0.2) is 36.4 Å². The van der Waals surface area contributed by atoms with Gasteiger partial charge in [-0.05, 0) is 96.3 Å². The van der Waals surface area contributed by atoms with E-state index in [0.29, 0.717) is 12.8 Å². The third kappa shape index (κ3) is 38.8. The second-order valence-corrected chi connectivity index (χ2v) is 12.2. The van der Waals surface area contributed by atoms with Gasteiger partial charge in [-0.15, -0.1) is 0 Å². The molecule has 0 aliphatic carbocycles. The van der Waals surface area contributed by atoms with E-state index in [1.807, 2.05) is 12.2 Å². The number of carbonyl (C=O) groups is 2. The van der Waals surface area contributed by atoms with Gasteiger partial charge in [0.05, 0.1) is 6.61 Å². The number of aliphatic hydroxyl groups excluding tert-OH is 1. The lowest BCUT2D eigenvalue weighted by Crippen LogP contribution is -2.28. The Hall–Kier alpha value is -3.96. The van der Waals surface area contributed by atoms with Gasteiger partial charge >= 0.3 is 11.9 Å². The van der Waals surface area contributed by atoms with Crippen LogP contribution < -0.4 is 0 Å². The number of carbonyl (C=O) groups excluding carboxylic acids is 2. The number of ether oxygens (including phenoxy) is 2. The lowest BCUT2D eigenvalue weighted by atomic mass is 10.1. The first kappa shape index (κ1) is 48.0. The van der Waals surface area contributed by atoms with E-state index in [1.165, 1.54) is 0 Å². The second-order valence-electron chi connectivity index (χ2n) is 12.2. The summed E-state index contributed by atoms with van der Waals surface area (Å²) in [4.78, 5) is 24.2. The number of hydrogen-bond donors (Lipinski definition) is 1. The molecule has 0 aliphatic rings. The van der Waals surface area contributed by atoms with Crippen molar-refractivity contribution in [2.45, 2.75) is 136 Å². The van der Waals surface area contributed by atoms with Gasteiger partial charge < -0.3 is 14.6 Å². The van der Waals surface area contributed by atoms with Crippen LogP contribution in [0.25, 0.3) is 0 Å². The molecule has 0 unspecified atom stereocenters. The Morgan fingerprint density at radius 1 is 0.442 bits per heavy atom. The van der Waals surface area contributed by atoms with Crippen molar-refractivity contribution in [1.82, 2.24) is 0 Å². The highest BCUT2D eigenvalue weighted by Gasteiger charge is 2.15. The standard InChI is InChI=1S/C47H70O5/c1-3-5-7-9-11-13-15-17-19-21-23-25-27-29-31-33-35-37-39-41-46(49)51-44-45(43-48)52-47(50)42-40-38-36-34-32-30-28-26-24-22-20-18-16-14-12-10-8-6-4-2/h5-8,11-14,17-20,23-26,29-32,35,37,45,48H,3-4,9-10,15-16,21-22,27-28,33-34,36,38-44H2,1-2H3/t45-/m0/s1. The van der Waals surface area contributed by atoms with E-state index in [0.717, 1.165) is 96.3 Å². The van der Waals surface area contributed by atoms with Crippen molar-refractivity contribution in [3.63, 3.8) is 0 Å². The van der Waals surface area contributed by atoms with E-state index in [9.17, 15) is 14.7 Å². The highest BCUT2D eigenvalue weighted by molar-refractivity contribution is 5.70. The van der Waals surface area contributed by atoms with Crippen LogP contribution in [0, 0.1) is 0 Å². The molecule has 288 valence electrons. The Kier molecular flexibility index (Phi) is 38.3. The molecular formula is C47H70O5. The number of esters is 2. The Morgan fingerprint density at radius 2 is 0.808 bits per heavy atom. The molecule has 0 rings (SSSR count). The van der Waals surface area contributed by atoms with Gasteiger partial charge in [0.25, 0.3) is 0 Å². The Labute approximate surface area is 317 Å². The summed E-state index contributed by atoms with van der Waals surface area (Å²) in [7, 11) is 0. The predicted molar refractivity (Wildman–Crippen MR) is 223 cm³/mol. The Morgan fingerprint density at radius 3 is 1.19 bits per heavy atom. The van der Waals surface area contributed by atoms with Gasteiger partial charge in [0, 0.05) is 12.8 Å². The highest BCUT2D eigenvalue weighted by atomic mass is 16.6. The predicted octanol–water partition coefficient (Wildman–Crippen LogP) is 12.6. The van der Waals surface area contributed by atoms with E-state index in [-0.39, 0.29) is 31.6 Å². The third-order valence-electron chi connectivity index (χ3n) is 7.45. The summed E-state index contributed by atoms with van der Waals surface area (Å²) in [5.41, 5.74) is 0. The molecule has 5 heteroatoms. The van der Waals surface area contributed by atoms with Crippen molar-refractivity contribution in [2.24, 2.45) is 0 Å². The van der Waals surface area contributed by atoms with Crippen molar-refractivity contribution in [1.29, 1.82) is 0 Å². The maximum atomic E-state index is 12.2. The van der Waals surface area contributed by atoms with E-state index in [2.05, 4.69) is 135 Å². The van der Waals surface area contributed by atoms with Crippen molar-refractivity contribution >= 4 is 11.9 Å². The van der Waals surface area contributed by atoms with Crippen LogP contribution in [0.15, 0.2) is 134 Å². The minimum Gasteiger partial charge on any atom is -0.462 e. The molecule has 0 saturated carbocycles. The van der Waals surface area contributed by atoms with Gasteiger partial charge in [0.1, 0.15) is 6.61 Å². The summed E-state index contributed by atoms with van der Waals surface area (Å²) in [5.74, 6) is -0.743. The molecule has 5 nitrogen and oxygen atoms in total. The highest BCUT2D eigenvalue weighted by Crippen LogP contribution is 2.08.